The van der Waals surface area contributed by atoms with Crippen LogP contribution in [-0.4, -0.2) is 38.9 Å². The number of fused-ring (bicyclic) bond motifs is 1. The number of ether oxygens (including phenoxy) is 1. The molecule has 0 aromatic heterocycles. The normalized spacial score (nSPS) is 15.7. The number of hydrogen-bond donors (Lipinski definition) is 1. The summed E-state index contributed by atoms with van der Waals surface area (Å²) >= 11 is 0. The fourth-order valence-electron chi connectivity index (χ4n) is 3.61. The highest BCUT2D eigenvalue weighted by Crippen LogP contribution is 2.28. The molecule has 0 fully saturated rings. The number of carbonyl (C=O) groups is 2. The molecule has 1 heterocycles. The lowest BCUT2D eigenvalue weighted by molar-refractivity contribution is -0.121. The SMILES string of the molecule is COc1ccc(C(=O)CCC(=O)NC[C@@H]2Cc3ccccc3N(C)C2)cc1F. The predicted octanol–water partition coefficient (Wildman–Crippen LogP) is 3.22. The van der Waals surface area contributed by atoms with Crippen molar-refractivity contribution in [1.82, 2.24) is 5.32 Å². The largest absolute Gasteiger partial charge is 0.494 e. The summed E-state index contributed by atoms with van der Waals surface area (Å²) in [6.07, 6.45) is 1.06. The average Bonchev–Trinajstić information content (AvgIpc) is 2.70. The third kappa shape index (κ3) is 4.68. The van der Waals surface area contributed by atoms with Crippen LogP contribution in [0.3, 0.4) is 0 Å². The number of nitrogens with zero attached hydrogens (tertiary/aromatic N) is 1. The van der Waals surface area contributed by atoms with E-state index in [9.17, 15) is 14.0 Å². The van der Waals surface area contributed by atoms with Crippen LogP contribution in [0, 0.1) is 11.7 Å². The van der Waals surface area contributed by atoms with Crippen LogP contribution < -0.4 is 15.0 Å². The standard InChI is InChI=1S/C22H25FN2O3/c1-25-14-15(11-16-5-3-4-6-19(16)25)13-24-22(27)10-8-20(26)17-7-9-21(28-2)18(23)12-17/h3-7,9,12,15H,8,10-11,13-14H2,1-2H3,(H,24,27)/t15-/m0/s1. The van der Waals surface area contributed by atoms with Gasteiger partial charge >= 0.3 is 0 Å². The molecule has 28 heavy (non-hydrogen) atoms. The Hall–Kier alpha value is -2.89. The lowest BCUT2D eigenvalue weighted by Crippen LogP contribution is -2.39. The number of benzene rings is 2. The Kier molecular flexibility index (Phi) is 6.29. The number of amides is 1. The van der Waals surface area contributed by atoms with Crippen LogP contribution in [0.2, 0.25) is 0 Å². The zero-order chi connectivity index (χ0) is 20.1. The van der Waals surface area contributed by atoms with E-state index in [1.807, 2.05) is 12.1 Å². The Morgan fingerprint density at radius 3 is 2.75 bits per heavy atom. The lowest BCUT2D eigenvalue weighted by atomic mass is 9.92. The van der Waals surface area contributed by atoms with Gasteiger partial charge in [0.25, 0.3) is 0 Å². The summed E-state index contributed by atoms with van der Waals surface area (Å²) in [5, 5.41) is 2.93. The summed E-state index contributed by atoms with van der Waals surface area (Å²) in [5.41, 5.74) is 2.77. The maximum Gasteiger partial charge on any atom is 0.220 e. The Bertz CT molecular complexity index is 869. The predicted molar refractivity (Wildman–Crippen MR) is 106 cm³/mol. The number of para-hydroxylation sites is 1. The number of anilines is 1. The highest BCUT2D eigenvalue weighted by atomic mass is 19.1. The first-order chi connectivity index (χ1) is 13.5. The number of ketones is 1. The van der Waals surface area contributed by atoms with Crippen molar-refractivity contribution in [3.8, 4) is 5.75 Å². The quantitative estimate of drug-likeness (QED) is 0.745. The number of nitrogens with one attached hydrogen (secondary N) is 1. The lowest BCUT2D eigenvalue weighted by Gasteiger charge is -2.33. The van der Waals surface area contributed by atoms with Crippen LogP contribution in [0.15, 0.2) is 42.5 Å². The molecule has 2 aromatic rings. The molecule has 0 bridgehead atoms. The van der Waals surface area contributed by atoms with Gasteiger partial charge in [0.2, 0.25) is 5.91 Å². The summed E-state index contributed by atoms with van der Waals surface area (Å²) in [6, 6.07) is 12.4. The van der Waals surface area contributed by atoms with E-state index in [2.05, 4.69) is 29.4 Å². The van der Waals surface area contributed by atoms with Crippen molar-refractivity contribution in [2.75, 3.05) is 32.1 Å². The van der Waals surface area contributed by atoms with Crippen LogP contribution >= 0.6 is 0 Å². The van der Waals surface area contributed by atoms with Crippen molar-refractivity contribution >= 4 is 17.4 Å². The minimum absolute atomic E-state index is 0.0466. The van der Waals surface area contributed by atoms with E-state index >= 15 is 0 Å². The molecule has 6 heteroatoms. The third-order valence-corrected chi connectivity index (χ3v) is 5.08. The molecule has 1 atom stereocenters. The monoisotopic (exact) mass is 384 g/mol. The van der Waals surface area contributed by atoms with E-state index in [0.29, 0.717) is 12.5 Å². The molecule has 1 amide bonds. The van der Waals surface area contributed by atoms with Gasteiger partial charge in [0, 0.05) is 44.2 Å². The van der Waals surface area contributed by atoms with E-state index in [1.54, 1.807) is 0 Å². The van der Waals surface area contributed by atoms with Crippen LogP contribution in [0.5, 0.6) is 5.75 Å². The highest BCUT2D eigenvalue weighted by molar-refractivity contribution is 5.98. The molecule has 0 radical (unpaired) electrons. The van der Waals surface area contributed by atoms with Crippen LogP contribution in [0.25, 0.3) is 0 Å². The van der Waals surface area contributed by atoms with E-state index < -0.39 is 5.82 Å². The second-order valence-electron chi connectivity index (χ2n) is 7.16. The topological polar surface area (TPSA) is 58.6 Å². The maximum atomic E-state index is 13.7. The second-order valence-corrected chi connectivity index (χ2v) is 7.16. The van der Waals surface area contributed by atoms with Gasteiger partial charge in [-0.2, -0.15) is 0 Å². The van der Waals surface area contributed by atoms with Gasteiger partial charge in [-0.15, -0.1) is 0 Å². The first kappa shape index (κ1) is 19.9. The van der Waals surface area contributed by atoms with Gasteiger partial charge in [0.05, 0.1) is 7.11 Å². The molecular formula is C22H25FN2O3. The number of rotatable bonds is 7. The number of Topliss-reactive ketones (excluding diaryl/α,β-unsaturated/α-hetero) is 1. The van der Waals surface area contributed by atoms with Gasteiger partial charge in [-0.1, -0.05) is 18.2 Å². The van der Waals surface area contributed by atoms with Gasteiger partial charge in [-0.05, 0) is 42.2 Å². The van der Waals surface area contributed by atoms with E-state index in [4.69, 9.17) is 4.74 Å². The highest BCUT2D eigenvalue weighted by Gasteiger charge is 2.22. The Balaban J connectivity index is 1.46. The first-order valence-corrected chi connectivity index (χ1v) is 9.40. The van der Waals surface area contributed by atoms with Crippen molar-refractivity contribution < 1.29 is 18.7 Å². The molecule has 0 aliphatic carbocycles. The second kappa shape index (κ2) is 8.87. The zero-order valence-electron chi connectivity index (χ0n) is 16.2. The number of halogens is 1. The van der Waals surface area contributed by atoms with E-state index in [-0.39, 0.29) is 35.8 Å². The van der Waals surface area contributed by atoms with Crippen molar-refractivity contribution in [3.05, 3.63) is 59.4 Å². The van der Waals surface area contributed by atoms with E-state index in [0.717, 1.165) is 19.0 Å². The summed E-state index contributed by atoms with van der Waals surface area (Å²) < 4.78 is 18.6. The number of methoxy groups -OCH3 is 1. The summed E-state index contributed by atoms with van der Waals surface area (Å²) in [6.45, 7) is 1.45. The molecule has 0 unspecified atom stereocenters. The fraction of sp³-hybridized carbons (Fsp3) is 0.364. The molecule has 148 valence electrons. The van der Waals surface area contributed by atoms with Gasteiger partial charge in [-0.3, -0.25) is 9.59 Å². The van der Waals surface area contributed by atoms with Gasteiger partial charge in [0.15, 0.2) is 17.3 Å². The van der Waals surface area contributed by atoms with Crippen LogP contribution in [0.4, 0.5) is 10.1 Å². The molecule has 3 rings (SSSR count). The maximum absolute atomic E-state index is 13.7. The minimum atomic E-state index is -0.584. The molecule has 0 spiro atoms. The number of hydrogen-bond acceptors (Lipinski definition) is 4. The third-order valence-electron chi connectivity index (χ3n) is 5.08. The van der Waals surface area contributed by atoms with Crippen molar-refractivity contribution in [3.63, 3.8) is 0 Å². The number of carbonyl (C=O) groups excluding carboxylic acids is 2. The molecule has 1 N–H and O–H groups in total. The van der Waals surface area contributed by atoms with Gasteiger partial charge in [-0.25, -0.2) is 4.39 Å². The average molecular weight is 384 g/mol. The van der Waals surface area contributed by atoms with Crippen molar-refractivity contribution in [1.29, 1.82) is 0 Å². The smallest absolute Gasteiger partial charge is 0.220 e. The zero-order valence-corrected chi connectivity index (χ0v) is 16.2. The van der Waals surface area contributed by atoms with E-state index in [1.165, 1.54) is 30.5 Å². The Morgan fingerprint density at radius 2 is 2.00 bits per heavy atom. The van der Waals surface area contributed by atoms with Crippen molar-refractivity contribution in [2.45, 2.75) is 19.3 Å². The molecule has 2 aromatic carbocycles. The minimum Gasteiger partial charge on any atom is -0.494 e. The van der Waals surface area contributed by atoms with Gasteiger partial charge in [0.1, 0.15) is 0 Å². The Labute approximate surface area is 164 Å². The van der Waals surface area contributed by atoms with Crippen LogP contribution in [0.1, 0.15) is 28.8 Å². The fourth-order valence-corrected chi connectivity index (χ4v) is 3.61. The Morgan fingerprint density at radius 1 is 1.21 bits per heavy atom. The molecule has 1 aliphatic rings. The van der Waals surface area contributed by atoms with Crippen molar-refractivity contribution in [2.24, 2.45) is 5.92 Å². The molecule has 0 saturated carbocycles. The van der Waals surface area contributed by atoms with Gasteiger partial charge < -0.3 is 15.0 Å². The first-order valence-electron chi connectivity index (χ1n) is 9.40. The summed E-state index contributed by atoms with van der Waals surface area (Å²) in [7, 11) is 3.42. The summed E-state index contributed by atoms with van der Waals surface area (Å²) in [4.78, 5) is 26.5. The molecule has 0 saturated heterocycles. The molecule has 5 nitrogen and oxygen atoms in total. The summed E-state index contributed by atoms with van der Waals surface area (Å²) in [5.74, 6) is -0.588. The van der Waals surface area contributed by atoms with Crippen LogP contribution in [-0.2, 0) is 11.2 Å². The molecule has 1 aliphatic heterocycles. The molecular weight excluding hydrogens is 359 g/mol.